The molecule has 0 spiro atoms. The number of β-amino-alcohol motifs (C(OH)–C–C–N with tert-alkyl or cyclic N) is 1. The first-order chi connectivity index (χ1) is 18.9. The summed E-state index contributed by atoms with van der Waals surface area (Å²) in [5.41, 5.74) is 2.76. The highest BCUT2D eigenvalue weighted by molar-refractivity contribution is 6.06. The van der Waals surface area contributed by atoms with Crippen LogP contribution < -0.4 is 5.32 Å². The zero-order chi connectivity index (χ0) is 27.4. The fourth-order valence-electron chi connectivity index (χ4n) is 5.07. The van der Waals surface area contributed by atoms with Crippen LogP contribution in [0, 0.1) is 0 Å². The first kappa shape index (κ1) is 26.1. The number of aromatic amines is 1. The number of H-pyrrole nitrogens is 1. The summed E-state index contributed by atoms with van der Waals surface area (Å²) < 4.78 is 0. The van der Waals surface area contributed by atoms with Gasteiger partial charge in [0.15, 0.2) is 5.69 Å². The van der Waals surface area contributed by atoms with Gasteiger partial charge in [-0.05, 0) is 17.2 Å². The van der Waals surface area contributed by atoms with Gasteiger partial charge >= 0.3 is 0 Å². The van der Waals surface area contributed by atoms with Crippen LogP contribution in [0.5, 0.6) is 0 Å². The van der Waals surface area contributed by atoms with E-state index in [0.29, 0.717) is 17.4 Å². The van der Waals surface area contributed by atoms with E-state index in [-0.39, 0.29) is 31.0 Å². The molecule has 9 nitrogen and oxygen atoms in total. The number of para-hydroxylation sites is 1. The van der Waals surface area contributed by atoms with Gasteiger partial charge in [0.2, 0.25) is 11.8 Å². The van der Waals surface area contributed by atoms with E-state index < -0.39 is 30.0 Å². The smallest absolute Gasteiger partial charge is 0.275 e. The van der Waals surface area contributed by atoms with Crippen LogP contribution >= 0.6 is 0 Å². The Kier molecular flexibility index (Phi) is 7.69. The van der Waals surface area contributed by atoms with E-state index >= 15 is 0 Å². The number of aliphatic hydroxyl groups is 1. The van der Waals surface area contributed by atoms with E-state index in [2.05, 4.69) is 15.5 Å². The first-order valence-corrected chi connectivity index (χ1v) is 13.0. The number of likely N-dealkylation sites (tertiary alicyclic amines) is 1. The first-order valence-electron chi connectivity index (χ1n) is 13.0. The molecule has 4 aromatic rings. The summed E-state index contributed by atoms with van der Waals surface area (Å²) in [6, 6.07) is 24.5. The van der Waals surface area contributed by atoms with Gasteiger partial charge in [0.25, 0.3) is 5.91 Å². The van der Waals surface area contributed by atoms with Gasteiger partial charge in [-0.1, -0.05) is 78.9 Å². The highest BCUT2D eigenvalue weighted by Crippen LogP contribution is 2.24. The number of likely N-dealkylation sites (N-methyl/N-ethyl adjacent to an activating group) is 1. The Balaban J connectivity index is 1.36. The van der Waals surface area contributed by atoms with Crippen molar-refractivity contribution in [3.63, 3.8) is 0 Å². The van der Waals surface area contributed by atoms with E-state index in [4.69, 9.17) is 0 Å². The van der Waals surface area contributed by atoms with Crippen molar-refractivity contribution in [2.45, 2.75) is 37.6 Å². The minimum atomic E-state index is -0.937. The molecule has 5 rings (SSSR count). The van der Waals surface area contributed by atoms with Gasteiger partial charge in [0.1, 0.15) is 12.1 Å². The molecule has 9 heteroatoms. The number of carbonyl (C=O) groups excluding carboxylic acids is 3. The van der Waals surface area contributed by atoms with Gasteiger partial charge in [-0.15, -0.1) is 0 Å². The summed E-state index contributed by atoms with van der Waals surface area (Å²) in [5, 5.41) is 21.0. The summed E-state index contributed by atoms with van der Waals surface area (Å²) >= 11 is 0. The number of nitrogens with one attached hydrogen (secondary N) is 2. The second-order valence-corrected chi connectivity index (χ2v) is 9.91. The molecular formula is C30H31N5O4. The zero-order valence-electron chi connectivity index (χ0n) is 21.7. The Hall–Kier alpha value is -4.50. The summed E-state index contributed by atoms with van der Waals surface area (Å²) in [5.74, 6) is -1.18. The maximum atomic E-state index is 13.6. The van der Waals surface area contributed by atoms with Crippen LogP contribution in [0.4, 0.5) is 0 Å². The molecule has 1 fully saturated rings. The van der Waals surface area contributed by atoms with Crippen molar-refractivity contribution < 1.29 is 19.5 Å². The third-order valence-corrected chi connectivity index (χ3v) is 7.05. The number of aliphatic hydroxyl groups excluding tert-OH is 1. The van der Waals surface area contributed by atoms with Crippen LogP contribution in [0.1, 0.15) is 28.0 Å². The summed E-state index contributed by atoms with van der Waals surface area (Å²) in [6.45, 7) is 0.392. The van der Waals surface area contributed by atoms with Crippen molar-refractivity contribution in [1.82, 2.24) is 25.3 Å². The second kappa shape index (κ2) is 11.5. The molecule has 3 atom stereocenters. The normalized spacial score (nSPS) is 17.6. The third-order valence-electron chi connectivity index (χ3n) is 7.05. The highest BCUT2D eigenvalue weighted by Gasteiger charge is 2.41. The predicted molar refractivity (Wildman–Crippen MR) is 147 cm³/mol. The van der Waals surface area contributed by atoms with Crippen LogP contribution in [0.2, 0.25) is 0 Å². The Bertz CT molecular complexity index is 1460. The van der Waals surface area contributed by atoms with Gasteiger partial charge < -0.3 is 20.2 Å². The average Bonchev–Trinajstić information content (AvgIpc) is 3.57. The molecule has 2 heterocycles. The van der Waals surface area contributed by atoms with Crippen LogP contribution in [0.25, 0.3) is 10.9 Å². The van der Waals surface area contributed by atoms with Crippen LogP contribution in [-0.4, -0.2) is 74.6 Å². The SMILES string of the molecule is CN(Cc1ccccc1)C(=O)[C@H](Cc1ccccc1)NC(=O)[C@@H]1C[C@@H](O)CN1C(=O)c1n[nH]c2ccccc12. The second-order valence-electron chi connectivity index (χ2n) is 9.91. The van der Waals surface area contributed by atoms with Crippen molar-refractivity contribution in [2.75, 3.05) is 13.6 Å². The topological polar surface area (TPSA) is 119 Å². The van der Waals surface area contributed by atoms with E-state index in [1.165, 1.54) is 4.90 Å². The van der Waals surface area contributed by atoms with E-state index in [9.17, 15) is 19.5 Å². The standard InChI is InChI=1S/C30H31N5O4/c1-34(18-21-12-6-3-7-13-21)29(38)25(16-20-10-4-2-5-11-20)31-28(37)26-17-22(36)19-35(26)30(39)27-23-14-8-9-15-24(23)32-33-27/h2-15,22,25-26,36H,16-19H2,1H3,(H,31,37)(H,32,33)/t22-,25+,26+/m1/s1. The van der Waals surface area contributed by atoms with Crippen molar-refractivity contribution >= 4 is 28.6 Å². The molecule has 3 aromatic carbocycles. The maximum Gasteiger partial charge on any atom is 0.275 e. The number of hydrogen-bond acceptors (Lipinski definition) is 5. The summed E-state index contributed by atoms with van der Waals surface area (Å²) in [7, 11) is 1.71. The lowest BCUT2D eigenvalue weighted by Gasteiger charge is -2.28. The van der Waals surface area contributed by atoms with E-state index in [0.717, 1.165) is 11.1 Å². The lowest BCUT2D eigenvalue weighted by atomic mass is 10.0. The summed E-state index contributed by atoms with van der Waals surface area (Å²) in [6.07, 6.45) is -0.497. The molecule has 1 aromatic heterocycles. The number of fused-ring (bicyclic) bond motifs is 1. The number of aromatic nitrogens is 2. The molecule has 0 radical (unpaired) electrons. The van der Waals surface area contributed by atoms with Crippen LogP contribution in [0.15, 0.2) is 84.9 Å². The van der Waals surface area contributed by atoms with Gasteiger partial charge in [-0.25, -0.2) is 0 Å². The van der Waals surface area contributed by atoms with Crippen molar-refractivity contribution in [1.29, 1.82) is 0 Å². The quantitative estimate of drug-likeness (QED) is 0.327. The van der Waals surface area contributed by atoms with Gasteiger partial charge in [-0.2, -0.15) is 5.10 Å². The molecule has 1 aliphatic heterocycles. The van der Waals surface area contributed by atoms with Gasteiger partial charge in [0, 0.05) is 38.4 Å². The fraction of sp³-hybridized carbons (Fsp3) is 0.267. The highest BCUT2D eigenvalue weighted by atomic mass is 16.3. The molecule has 0 saturated carbocycles. The minimum Gasteiger partial charge on any atom is -0.391 e. The molecule has 1 saturated heterocycles. The van der Waals surface area contributed by atoms with Gasteiger partial charge in [0.05, 0.1) is 11.6 Å². The van der Waals surface area contributed by atoms with Gasteiger partial charge in [-0.3, -0.25) is 19.5 Å². The number of carbonyl (C=O) groups is 3. The lowest BCUT2D eigenvalue weighted by molar-refractivity contribution is -0.136. The number of rotatable bonds is 8. The minimum absolute atomic E-state index is 0.00329. The number of amides is 3. The molecule has 3 amide bonds. The largest absolute Gasteiger partial charge is 0.391 e. The number of benzene rings is 3. The third kappa shape index (κ3) is 5.83. The summed E-state index contributed by atoms with van der Waals surface area (Å²) in [4.78, 5) is 43.6. The molecule has 3 N–H and O–H groups in total. The van der Waals surface area contributed by atoms with E-state index in [1.807, 2.05) is 78.9 Å². The Labute approximate surface area is 226 Å². The fourth-order valence-corrected chi connectivity index (χ4v) is 5.07. The molecule has 1 aliphatic rings. The molecule has 39 heavy (non-hydrogen) atoms. The molecule has 200 valence electrons. The zero-order valence-corrected chi connectivity index (χ0v) is 21.7. The Morgan fingerprint density at radius 3 is 2.36 bits per heavy atom. The molecular weight excluding hydrogens is 494 g/mol. The van der Waals surface area contributed by atoms with Crippen molar-refractivity contribution in [3.8, 4) is 0 Å². The molecule has 0 bridgehead atoms. The Morgan fingerprint density at radius 2 is 1.64 bits per heavy atom. The lowest BCUT2D eigenvalue weighted by Crippen LogP contribution is -2.54. The van der Waals surface area contributed by atoms with Crippen molar-refractivity contribution in [3.05, 3.63) is 102 Å². The van der Waals surface area contributed by atoms with Crippen molar-refractivity contribution in [2.24, 2.45) is 0 Å². The Morgan fingerprint density at radius 1 is 1.00 bits per heavy atom. The average molecular weight is 526 g/mol. The molecule has 0 aliphatic carbocycles. The predicted octanol–water partition coefficient (Wildman–Crippen LogP) is 2.52. The van der Waals surface area contributed by atoms with Crippen LogP contribution in [0.3, 0.4) is 0 Å². The number of hydrogen-bond donors (Lipinski definition) is 3. The maximum absolute atomic E-state index is 13.6. The number of nitrogens with zero attached hydrogens (tertiary/aromatic N) is 3. The monoisotopic (exact) mass is 525 g/mol. The molecule has 0 unspecified atom stereocenters. The van der Waals surface area contributed by atoms with E-state index in [1.54, 1.807) is 18.0 Å². The van der Waals surface area contributed by atoms with Crippen LogP contribution in [-0.2, 0) is 22.6 Å².